The van der Waals surface area contributed by atoms with Gasteiger partial charge in [0, 0.05) is 43.5 Å². The van der Waals surface area contributed by atoms with E-state index in [1.165, 1.54) is 16.8 Å². The topological polar surface area (TPSA) is 162 Å². The summed E-state index contributed by atoms with van der Waals surface area (Å²) in [6.07, 6.45) is 2.63. The number of primary amides is 1. The van der Waals surface area contributed by atoms with E-state index in [-0.39, 0.29) is 18.1 Å². The number of carbonyl (C=O) groups is 2. The predicted molar refractivity (Wildman–Crippen MR) is 126 cm³/mol. The SMILES string of the molecule is CC(NC(=O)O)c1cn2c(NCc3c(F)ccc4c3CCO4)ncc(-c3cc(C(N)=O)nn3C)c2n1. The quantitative estimate of drug-likeness (QED) is 0.304. The Morgan fingerprint density at radius 2 is 2.17 bits per heavy atom. The highest BCUT2D eigenvalue weighted by molar-refractivity contribution is 5.92. The van der Waals surface area contributed by atoms with Gasteiger partial charge in [0.25, 0.3) is 5.91 Å². The summed E-state index contributed by atoms with van der Waals surface area (Å²) in [5, 5.41) is 18.8. The highest BCUT2D eigenvalue weighted by Crippen LogP contribution is 2.31. The van der Waals surface area contributed by atoms with Crippen molar-refractivity contribution in [2.45, 2.75) is 25.9 Å². The maximum absolute atomic E-state index is 14.6. The van der Waals surface area contributed by atoms with Crippen molar-refractivity contribution in [3.63, 3.8) is 0 Å². The number of anilines is 1. The van der Waals surface area contributed by atoms with Gasteiger partial charge >= 0.3 is 6.09 Å². The molecule has 0 saturated heterocycles. The third-order valence-electron chi connectivity index (χ3n) is 6.07. The number of aryl methyl sites for hydroxylation is 1. The molecule has 4 heterocycles. The molecule has 1 atom stereocenters. The molecule has 3 aromatic heterocycles. The molecule has 1 aromatic carbocycles. The number of nitrogens with one attached hydrogen (secondary N) is 2. The van der Waals surface area contributed by atoms with Crippen LogP contribution in [0.3, 0.4) is 0 Å². The zero-order chi connectivity index (χ0) is 25.6. The first-order valence-corrected chi connectivity index (χ1v) is 11.1. The van der Waals surface area contributed by atoms with Gasteiger partial charge < -0.3 is 26.2 Å². The highest BCUT2D eigenvalue weighted by Gasteiger charge is 2.22. The maximum atomic E-state index is 14.6. The van der Waals surface area contributed by atoms with E-state index < -0.39 is 18.0 Å². The molecule has 186 valence electrons. The Bertz CT molecular complexity index is 1510. The van der Waals surface area contributed by atoms with Gasteiger partial charge in [-0.15, -0.1) is 0 Å². The van der Waals surface area contributed by atoms with Gasteiger partial charge in [0.15, 0.2) is 11.3 Å². The van der Waals surface area contributed by atoms with Crippen molar-refractivity contribution >= 4 is 23.6 Å². The number of nitrogens with zero attached hydrogens (tertiary/aromatic N) is 5. The van der Waals surface area contributed by atoms with E-state index >= 15 is 0 Å². The number of aromatic nitrogens is 5. The van der Waals surface area contributed by atoms with Crippen LogP contribution in [0.1, 0.15) is 40.3 Å². The lowest BCUT2D eigenvalue weighted by atomic mass is 10.0. The van der Waals surface area contributed by atoms with Crippen LogP contribution in [0, 0.1) is 5.82 Å². The molecule has 2 amide bonds. The molecule has 36 heavy (non-hydrogen) atoms. The summed E-state index contributed by atoms with van der Waals surface area (Å²) >= 11 is 0. The number of ether oxygens (including phenoxy) is 1. The van der Waals surface area contributed by atoms with Gasteiger partial charge in [0.1, 0.15) is 11.6 Å². The Labute approximate surface area is 203 Å². The number of carbonyl (C=O) groups excluding carboxylic acids is 1. The Kier molecular flexibility index (Phi) is 5.66. The zero-order valence-electron chi connectivity index (χ0n) is 19.4. The standard InChI is InChI=1S/C23H23FN8O4/c1-11(28-23(34)35)17-10-32-21(29-17)14(18-7-16(20(25)33)30-31(18)2)9-27-22(32)26-8-13-12-5-6-36-19(12)4-3-15(13)24/h3-4,7,9-11,28H,5-6,8H2,1-2H3,(H2,25,33)(H,26,27)(H,34,35). The molecule has 1 aliphatic heterocycles. The molecule has 12 nitrogen and oxygen atoms in total. The molecular weight excluding hydrogens is 471 g/mol. The Hall–Kier alpha value is -4.68. The van der Waals surface area contributed by atoms with E-state index in [0.717, 1.165) is 5.56 Å². The van der Waals surface area contributed by atoms with Crippen molar-refractivity contribution < 1.29 is 23.8 Å². The third-order valence-corrected chi connectivity index (χ3v) is 6.07. The average Bonchev–Trinajstić information content (AvgIpc) is 3.56. The predicted octanol–water partition coefficient (Wildman–Crippen LogP) is 2.24. The van der Waals surface area contributed by atoms with E-state index in [9.17, 15) is 14.0 Å². The van der Waals surface area contributed by atoms with Crippen LogP contribution in [0.15, 0.2) is 30.6 Å². The molecule has 4 aromatic rings. The van der Waals surface area contributed by atoms with E-state index in [0.29, 0.717) is 52.9 Å². The minimum absolute atomic E-state index is 0.0798. The Morgan fingerprint density at radius 1 is 1.36 bits per heavy atom. The number of amides is 2. The third kappa shape index (κ3) is 4.04. The first-order chi connectivity index (χ1) is 17.2. The van der Waals surface area contributed by atoms with Gasteiger partial charge in [-0.2, -0.15) is 5.10 Å². The van der Waals surface area contributed by atoms with E-state index in [1.807, 2.05) is 0 Å². The van der Waals surface area contributed by atoms with Crippen molar-refractivity contribution in [1.82, 2.24) is 29.5 Å². The monoisotopic (exact) mass is 494 g/mol. The van der Waals surface area contributed by atoms with Crippen LogP contribution in [-0.4, -0.2) is 47.9 Å². The van der Waals surface area contributed by atoms with Crippen molar-refractivity contribution in [2.24, 2.45) is 12.8 Å². The van der Waals surface area contributed by atoms with Crippen LogP contribution in [0.5, 0.6) is 5.75 Å². The molecule has 5 rings (SSSR count). The summed E-state index contributed by atoms with van der Waals surface area (Å²) in [4.78, 5) is 32.0. The van der Waals surface area contributed by atoms with Crippen LogP contribution in [-0.2, 0) is 20.0 Å². The number of carboxylic acid groups (broad SMARTS) is 1. The van der Waals surface area contributed by atoms with Crippen molar-refractivity contribution in [3.05, 3.63) is 58.9 Å². The lowest BCUT2D eigenvalue weighted by Crippen LogP contribution is -2.24. The lowest BCUT2D eigenvalue weighted by Gasteiger charge is -2.13. The summed E-state index contributed by atoms with van der Waals surface area (Å²) in [6, 6.07) is 3.91. The summed E-state index contributed by atoms with van der Waals surface area (Å²) in [6.45, 7) is 2.31. The Morgan fingerprint density at radius 3 is 2.89 bits per heavy atom. The van der Waals surface area contributed by atoms with Crippen molar-refractivity contribution in [3.8, 4) is 17.0 Å². The Balaban J connectivity index is 1.58. The van der Waals surface area contributed by atoms with Gasteiger partial charge in [0.05, 0.1) is 29.6 Å². The number of hydrogen-bond donors (Lipinski definition) is 4. The minimum atomic E-state index is -1.19. The van der Waals surface area contributed by atoms with Crippen molar-refractivity contribution in [2.75, 3.05) is 11.9 Å². The largest absolute Gasteiger partial charge is 0.493 e. The van der Waals surface area contributed by atoms with Gasteiger partial charge in [-0.25, -0.2) is 19.2 Å². The van der Waals surface area contributed by atoms with Crippen LogP contribution in [0.4, 0.5) is 15.1 Å². The normalized spacial score (nSPS) is 13.3. The number of benzene rings is 1. The second-order valence-electron chi connectivity index (χ2n) is 8.38. The molecule has 1 aliphatic rings. The fourth-order valence-corrected chi connectivity index (χ4v) is 4.29. The van der Waals surface area contributed by atoms with E-state index in [2.05, 4.69) is 25.7 Å². The van der Waals surface area contributed by atoms with Crippen molar-refractivity contribution in [1.29, 1.82) is 0 Å². The minimum Gasteiger partial charge on any atom is -0.493 e. The smallest absolute Gasteiger partial charge is 0.405 e. The number of hydrogen-bond acceptors (Lipinski definition) is 7. The molecule has 0 spiro atoms. The number of fused-ring (bicyclic) bond motifs is 2. The fourth-order valence-electron chi connectivity index (χ4n) is 4.29. The molecule has 13 heteroatoms. The fraction of sp³-hybridized carbons (Fsp3) is 0.261. The van der Waals surface area contributed by atoms with Gasteiger partial charge in [-0.3, -0.25) is 13.9 Å². The van der Waals surface area contributed by atoms with Gasteiger partial charge in [-0.1, -0.05) is 0 Å². The van der Waals surface area contributed by atoms with Gasteiger partial charge in [0.2, 0.25) is 5.95 Å². The number of imidazole rings is 1. The summed E-state index contributed by atoms with van der Waals surface area (Å²) in [5.74, 6) is 0.00717. The second kappa shape index (κ2) is 8.83. The maximum Gasteiger partial charge on any atom is 0.405 e. The van der Waals surface area contributed by atoms with Crippen LogP contribution in [0.2, 0.25) is 0 Å². The van der Waals surface area contributed by atoms with E-state index in [1.54, 1.807) is 36.8 Å². The number of nitrogens with two attached hydrogens (primary N) is 1. The first kappa shape index (κ1) is 23.1. The molecule has 5 N–H and O–H groups in total. The lowest BCUT2D eigenvalue weighted by molar-refractivity contribution is 0.0994. The first-order valence-electron chi connectivity index (χ1n) is 11.1. The summed E-state index contributed by atoms with van der Waals surface area (Å²) in [5.41, 5.74) is 8.71. The second-order valence-corrected chi connectivity index (χ2v) is 8.38. The number of halogens is 1. The van der Waals surface area contributed by atoms with Crippen LogP contribution in [0.25, 0.3) is 16.9 Å². The molecule has 0 aliphatic carbocycles. The summed E-state index contributed by atoms with van der Waals surface area (Å²) in [7, 11) is 1.66. The molecule has 0 radical (unpaired) electrons. The molecule has 0 saturated carbocycles. The molecule has 1 unspecified atom stereocenters. The summed E-state index contributed by atoms with van der Waals surface area (Å²) < 4.78 is 23.3. The van der Waals surface area contributed by atoms with E-state index in [4.69, 9.17) is 15.6 Å². The molecular formula is C23H23FN8O4. The zero-order valence-corrected chi connectivity index (χ0v) is 19.4. The highest BCUT2D eigenvalue weighted by atomic mass is 19.1. The molecule has 0 bridgehead atoms. The average molecular weight is 494 g/mol. The van der Waals surface area contributed by atoms with Gasteiger partial charge in [-0.05, 0) is 25.1 Å². The molecule has 0 fully saturated rings. The van der Waals surface area contributed by atoms with Crippen LogP contribution < -0.4 is 21.1 Å². The van der Waals surface area contributed by atoms with Crippen LogP contribution >= 0.6 is 0 Å². The number of rotatable bonds is 7.